The van der Waals surface area contributed by atoms with E-state index in [-0.39, 0.29) is 11.7 Å². The third-order valence-electron chi connectivity index (χ3n) is 2.51. The van der Waals surface area contributed by atoms with Crippen molar-refractivity contribution in [3.63, 3.8) is 0 Å². The molecule has 1 rings (SSSR count). The highest BCUT2D eigenvalue weighted by Crippen LogP contribution is 2.08. The van der Waals surface area contributed by atoms with Gasteiger partial charge in [0, 0.05) is 5.92 Å². The van der Waals surface area contributed by atoms with Gasteiger partial charge in [-0.2, -0.15) is 0 Å². The molecule has 0 aliphatic carbocycles. The minimum absolute atomic E-state index is 0.00680. The van der Waals surface area contributed by atoms with Crippen LogP contribution in [0.4, 0.5) is 4.79 Å². The molecule has 4 heteroatoms. The van der Waals surface area contributed by atoms with E-state index in [4.69, 9.17) is 5.73 Å². The number of urea groups is 1. The summed E-state index contributed by atoms with van der Waals surface area (Å²) in [7, 11) is 0. The molecule has 4 nitrogen and oxygen atoms in total. The molecule has 1 unspecified atom stereocenters. The lowest BCUT2D eigenvalue weighted by atomic mass is 9.96. The lowest BCUT2D eigenvalue weighted by molar-refractivity contribution is -0.123. The molecule has 17 heavy (non-hydrogen) atoms. The molecular formula is C13H18N2O2. The summed E-state index contributed by atoms with van der Waals surface area (Å²) in [5.74, 6) is -0.136. The summed E-state index contributed by atoms with van der Waals surface area (Å²) >= 11 is 0. The van der Waals surface area contributed by atoms with Crippen LogP contribution >= 0.6 is 0 Å². The van der Waals surface area contributed by atoms with Gasteiger partial charge in [0.25, 0.3) is 0 Å². The molecule has 0 bridgehead atoms. The van der Waals surface area contributed by atoms with Crippen LogP contribution in [-0.2, 0) is 11.2 Å². The predicted molar refractivity (Wildman–Crippen MR) is 66.5 cm³/mol. The number of nitrogens with one attached hydrogen (secondary N) is 1. The van der Waals surface area contributed by atoms with Gasteiger partial charge in [-0.1, -0.05) is 44.2 Å². The van der Waals surface area contributed by atoms with Crippen molar-refractivity contribution in [3.05, 3.63) is 35.9 Å². The Morgan fingerprint density at radius 3 is 2.29 bits per heavy atom. The molecule has 0 saturated carbocycles. The van der Waals surface area contributed by atoms with Crippen LogP contribution < -0.4 is 11.1 Å². The van der Waals surface area contributed by atoms with Crippen LogP contribution in [0.5, 0.6) is 0 Å². The summed E-state index contributed by atoms with van der Waals surface area (Å²) in [6, 6.07) is 8.33. The molecule has 0 aliphatic rings. The van der Waals surface area contributed by atoms with E-state index in [0.717, 1.165) is 5.56 Å². The van der Waals surface area contributed by atoms with Gasteiger partial charge in [0.05, 0.1) is 6.04 Å². The fourth-order valence-electron chi connectivity index (χ4n) is 1.65. The largest absolute Gasteiger partial charge is 0.352 e. The monoisotopic (exact) mass is 234 g/mol. The number of benzene rings is 1. The Kier molecular flexibility index (Phi) is 4.69. The highest BCUT2D eigenvalue weighted by atomic mass is 16.2. The van der Waals surface area contributed by atoms with E-state index in [9.17, 15) is 9.59 Å². The molecule has 2 amide bonds. The smallest absolute Gasteiger partial charge is 0.312 e. The quantitative estimate of drug-likeness (QED) is 0.810. The van der Waals surface area contributed by atoms with E-state index in [1.807, 2.05) is 44.2 Å². The molecule has 0 radical (unpaired) electrons. The first-order valence-electron chi connectivity index (χ1n) is 5.64. The Morgan fingerprint density at radius 1 is 1.24 bits per heavy atom. The highest BCUT2D eigenvalue weighted by molar-refractivity contribution is 5.89. The topological polar surface area (TPSA) is 72.2 Å². The maximum Gasteiger partial charge on any atom is 0.312 e. The number of amides is 2. The molecule has 1 aromatic carbocycles. The molecule has 0 heterocycles. The maximum atomic E-state index is 11.9. The van der Waals surface area contributed by atoms with Crippen LogP contribution in [0.25, 0.3) is 0 Å². The molecule has 0 aliphatic heterocycles. The first-order valence-corrected chi connectivity index (χ1v) is 5.64. The number of primary amides is 1. The molecule has 0 fully saturated rings. The van der Waals surface area contributed by atoms with Crippen molar-refractivity contribution in [2.75, 3.05) is 0 Å². The Bertz CT molecular complexity index is 388. The third kappa shape index (κ3) is 4.26. The molecule has 0 saturated heterocycles. The Labute approximate surface area is 101 Å². The second-order valence-corrected chi connectivity index (χ2v) is 4.31. The summed E-state index contributed by atoms with van der Waals surface area (Å²) in [5.41, 5.74) is 6.08. The first-order chi connectivity index (χ1) is 8.00. The van der Waals surface area contributed by atoms with Crippen molar-refractivity contribution in [1.29, 1.82) is 0 Å². The predicted octanol–water partition coefficient (Wildman–Crippen LogP) is 1.49. The van der Waals surface area contributed by atoms with E-state index < -0.39 is 12.1 Å². The van der Waals surface area contributed by atoms with Gasteiger partial charge in [-0.05, 0) is 12.0 Å². The van der Waals surface area contributed by atoms with Crippen LogP contribution in [0.3, 0.4) is 0 Å². The number of Topliss-reactive ketones (excluding diaryl/α,β-unsaturated/α-hetero) is 1. The number of carbonyl (C=O) groups is 2. The highest BCUT2D eigenvalue weighted by Gasteiger charge is 2.22. The van der Waals surface area contributed by atoms with Crippen molar-refractivity contribution in [1.82, 2.24) is 5.32 Å². The zero-order valence-corrected chi connectivity index (χ0v) is 10.1. The number of rotatable bonds is 5. The van der Waals surface area contributed by atoms with Gasteiger partial charge in [0.15, 0.2) is 5.78 Å². The Hall–Kier alpha value is -1.84. The second kappa shape index (κ2) is 6.03. The van der Waals surface area contributed by atoms with E-state index in [1.165, 1.54) is 0 Å². The fraction of sp³-hybridized carbons (Fsp3) is 0.385. The van der Waals surface area contributed by atoms with E-state index >= 15 is 0 Å². The maximum absolute atomic E-state index is 11.9. The molecule has 1 aromatic rings. The molecular weight excluding hydrogens is 216 g/mol. The summed E-state index contributed by atoms with van der Waals surface area (Å²) < 4.78 is 0. The number of ketones is 1. The zero-order valence-electron chi connectivity index (χ0n) is 10.1. The average molecular weight is 234 g/mol. The van der Waals surface area contributed by atoms with Gasteiger partial charge in [-0.3, -0.25) is 4.79 Å². The van der Waals surface area contributed by atoms with E-state index in [0.29, 0.717) is 6.42 Å². The van der Waals surface area contributed by atoms with Crippen molar-refractivity contribution < 1.29 is 9.59 Å². The van der Waals surface area contributed by atoms with Crippen LogP contribution in [0.15, 0.2) is 30.3 Å². The zero-order chi connectivity index (χ0) is 12.8. The molecule has 1 atom stereocenters. The molecule has 0 spiro atoms. The minimum Gasteiger partial charge on any atom is -0.352 e. The van der Waals surface area contributed by atoms with Crippen LogP contribution in [0.1, 0.15) is 19.4 Å². The standard InChI is InChI=1S/C13H18N2O2/c1-9(2)12(16)11(15-13(14)17)8-10-6-4-3-5-7-10/h3-7,9,11H,8H2,1-2H3,(H3,14,15,17). The van der Waals surface area contributed by atoms with E-state index in [1.54, 1.807) is 0 Å². The van der Waals surface area contributed by atoms with Gasteiger partial charge < -0.3 is 11.1 Å². The Morgan fingerprint density at radius 2 is 1.82 bits per heavy atom. The minimum atomic E-state index is -0.667. The molecule has 0 aromatic heterocycles. The Balaban J connectivity index is 2.77. The van der Waals surface area contributed by atoms with Crippen molar-refractivity contribution in [2.24, 2.45) is 11.7 Å². The van der Waals surface area contributed by atoms with Crippen molar-refractivity contribution in [2.45, 2.75) is 26.3 Å². The lowest BCUT2D eigenvalue weighted by Gasteiger charge is -2.18. The van der Waals surface area contributed by atoms with Gasteiger partial charge in [0.1, 0.15) is 0 Å². The van der Waals surface area contributed by atoms with Gasteiger partial charge in [0.2, 0.25) is 0 Å². The second-order valence-electron chi connectivity index (χ2n) is 4.31. The van der Waals surface area contributed by atoms with Crippen LogP contribution in [0, 0.1) is 5.92 Å². The third-order valence-corrected chi connectivity index (χ3v) is 2.51. The molecule has 92 valence electrons. The normalized spacial score (nSPS) is 12.2. The van der Waals surface area contributed by atoms with Crippen molar-refractivity contribution >= 4 is 11.8 Å². The van der Waals surface area contributed by atoms with Crippen molar-refractivity contribution in [3.8, 4) is 0 Å². The first kappa shape index (κ1) is 13.2. The van der Waals surface area contributed by atoms with Gasteiger partial charge in [-0.25, -0.2) is 4.79 Å². The fourth-order valence-corrected chi connectivity index (χ4v) is 1.65. The van der Waals surface area contributed by atoms with Crippen LogP contribution in [0.2, 0.25) is 0 Å². The summed E-state index contributed by atoms with van der Waals surface area (Å²) in [6.07, 6.45) is 0.473. The SMILES string of the molecule is CC(C)C(=O)C(Cc1ccccc1)NC(N)=O. The van der Waals surface area contributed by atoms with Gasteiger partial charge in [-0.15, -0.1) is 0 Å². The average Bonchev–Trinajstić information content (AvgIpc) is 2.28. The number of hydrogen-bond acceptors (Lipinski definition) is 2. The number of carbonyl (C=O) groups excluding carboxylic acids is 2. The summed E-state index contributed by atoms with van der Waals surface area (Å²) in [5, 5.41) is 2.50. The number of nitrogens with two attached hydrogens (primary N) is 1. The summed E-state index contributed by atoms with van der Waals surface area (Å²) in [4.78, 5) is 22.8. The van der Waals surface area contributed by atoms with Crippen LogP contribution in [-0.4, -0.2) is 17.9 Å². The summed E-state index contributed by atoms with van der Waals surface area (Å²) in [6.45, 7) is 3.62. The lowest BCUT2D eigenvalue weighted by Crippen LogP contribution is -2.46. The van der Waals surface area contributed by atoms with Gasteiger partial charge >= 0.3 is 6.03 Å². The number of hydrogen-bond donors (Lipinski definition) is 2. The molecule has 3 N–H and O–H groups in total. The van der Waals surface area contributed by atoms with E-state index in [2.05, 4.69) is 5.32 Å².